The van der Waals surface area contributed by atoms with E-state index in [0.717, 1.165) is 6.21 Å². The van der Waals surface area contributed by atoms with Gasteiger partial charge in [-0.1, -0.05) is 11.6 Å². The molecule has 0 amide bonds. The number of halogens is 6. The Balaban J connectivity index is 1.90. The number of benzene rings is 2. The lowest BCUT2D eigenvalue weighted by Gasteiger charge is -2.05. The van der Waals surface area contributed by atoms with Gasteiger partial charge < -0.3 is 0 Å². The molecule has 27 heavy (non-hydrogen) atoms. The van der Waals surface area contributed by atoms with Gasteiger partial charge in [0.15, 0.2) is 23.3 Å². The van der Waals surface area contributed by atoms with Gasteiger partial charge in [-0.3, -0.25) is 5.43 Å². The fraction of sp³-hybridized carbons (Fsp3) is 0.0588. The van der Waals surface area contributed by atoms with E-state index in [1.807, 2.05) is 5.43 Å². The summed E-state index contributed by atoms with van der Waals surface area (Å²) in [5.41, 5.74) is 2.00. The maximum Gasteiger partial charge on any atom is 0.186 e. The molecule has 0 aliphatic heterocycles. The van der Waals surface area contributed by atoms with Crippen LogP contribution in [0.4, 0.5) is 27.6 Å². The van der Waals surface area contributed by atoms with E-state index in [1.54, 1.807) is 6.92 Å². The lowest BCUT2D eigenvalue weighted by atomic mass is 10.2. The van der Waals surface area contributed by atoms with Crippen LogP contribution in [-0.4, -0.2) is 16.0 Å². The van der Waals surface area contributed by atoms with Gasteiger partial charge in [-0.2, -0.15) is 10.2 Å². The van der Waals surface area contributed by atoms with Crippen molar-refractivity contribution in [2.24, 2.45) is 5.10 Å². The number of hydrazone groups is 1. The van der Waals surface area contributed by atoms with E-state index in [-0.39, 0.29) is 16.8 Å². The summed E-state index contributed by atoms with van der Waals surface area (Å²) in [5.74, 6) is -6.79. The van der Waals surface area contributed by atoms with E-state index in [2.05, 4.69) is 10.2 Å². The summed E-state index contributed by atoms with van der Waals surface area (Å²) in [6.07, 6.45) is 1.09. The Morgan fingerprint density at radius 3 is 2.22 bits per heavy atom. The molecule has 0 saturated heterocycles. The molecule has 0 unspecified atom stereocenters. The van der Waals surface area contributed by atoms with Gasteiger partial charge in [0.2, 0.25) is 0 Å². The molecule has 0 fully saturated rings. The van der Waals surface area contributed by atoms with E-state index in [1.165, 1.54) is 28.9 Å². The second kappa shape index (κ2) is 7.36. The van der Waals surface area contributed by atoms with E-state index in [4.69, 9.17) is 11.6 Å². The minimum atomic E-state index is -1.61. The predicted molar refractivity (Wildman–Crippen MR) is 90.8 cm³/mol. The van der Waals surface area contributed by atoms with E-state index < -0.39 is 34.8 Å². The molecule has 3 aromatic rings. The molecule has 10 heteroatoms. The third-order valence-electron chi connectivity index (χ3n) is 3.60. The van der Waals surface area contributed by atoms with Crippen molar-refractivity contribution in [1.82, 2.24) is 9.78 Å². The third kappa shape index (κ3) is 3.63. The Hall–Kier alpha value is -2.94. The Bertz CT molecular complexity index is 1000. The first-order chi connectivity index (χ1) is 12.8. The topological polar surface area (TPSA) is 42.2 Å². The molecule has 4 nitrogen and oxygen atoms in total. The van der Waals surface area contributed by atoms with Gasteiger partial charge in [0.25, 0.3) is 0 Å². The summed E-state index contributed by atoms with van der Waals surface area (Å²) in [6.45, 7) is 1.59. The number of anilines is 1. The van der Waals surface area contributed by atoms with E-state index in [0.29, 0.717) is 11.4 Å². The van der Waals surface area contributed by atoms with Crippen LogP contribution in [0, 0.1) is 36.0 Å². The van der Waals surface area contributed by atoms with Crippen LogP contribution in [0.2, 0.25) is 5.15 Å². The zero-order valence-corrected chi connectivity index (χ0v) is 14.3. The zero-order valence-electron chi connectivity index (χ0n) is 13.6. The third-order valence-corrected chi connectivity index (χ3v) is 3.96. The molecule has 0 atom stereocenters. The summed E-state index contributed by atoms with van der Waals surface area (Å²) < 4.78 is 67.9. The zero-order chi connectivity index (χ0) is 19.7. The van der Waals surface area contributed by atoms with Crippen LogP contribution in [0.5, 0.6) is 0 Å². The van der Waals surface area contributed by atoms with Crippen molar-refractivity contribution < 1.29 is 22.0 Å². The SMILES string of the molecule is Cc1nn(-c2ccc(F)cc2)c(Cl)c1C=NNc1c(F)c(F)cc(F)c1F. The van der Waals surface area contributed by atoms with Crippen LogP contribution >= 0.6 is 11.6 Å². The summed E-state index contributed by atoms with van der Waals surface area (Å²) in [6, 6.07) is 5.44. The number of nitrogens with zero attached hydrogens (tertiary/aromatic N) is 3. The number of aromatic nitrogens is 2. The molecule has 0 spiro atoms. The minimum absolute atomic E-state index is 0.0906. The minimum Gasteiger partial charge on any atom is -0.272 e. The van der Waals surface area contributed by atoms with Crippen molar-refractivity contribution in [3.63, 3.8) is 0 Å². The van der Waals surface area contributed by atoms with Gasteiger partial charge in [-0.05, 0) is 31.2 Å². The normalized spacial score (nSPS) is 11.4. The van der Waals surface area contributed by atoms with Crippen LogP contribution in [0.3, 0.4) is 0 Å². The van der Waals surface area contributed by atoms with Gasteiger partial charge in [0.1, 0.15) is 16.7 Å². The molecular weight excluding hydrogens is 391 g/mol. The number of rotatable bonds is 4. The summed E-state index contributed by atoms with van der Waals surface area (Å²) >= 11 is 6.22. The first-order valence-corrected chi connectivity index (χ1v) is 7.80. The maximum atomic E-state index is 13.6. The fourth-order valence-corrected chi connectivity index (χ4v) is 2.56. The predicted octanol–water partition coefficient (Wildman–Crippen LogP) is 4.98. The van der Waals surface area contributed by atoms with Gasteiger partial charge in [-0.25, -0.2) is 26.6 Å². The highest BCUT2D eigenvalue weighted by Crippen LogP contribution is 2.25. The van der Waals surface area contributed by atoms with Crippen LogP contribution in [0.1, 0.15) is 11.3 Å². The molecule has 0 radical (unpaired) electrons. The van der Waals surface area contributed by atoms with E-state index >= 15 is 0 Å². The highest BCUT2D eigenvalue weighted by Gasteiger charge is 2.19. The number of nitrogens with one attached hydrogen (secondary N) is 1. The molecule has 140 valence electrons. The number of hydrogen-bond donors (Lipinski definition) is 1. The lowest BCUT2D eigenvalue weighted by Crippen LogP contribution is -2.03. The highest BCUT2D eigenvalue weighted by molar-refractivity contribution is 6.32. The second-order valence-corrected chi connectivity index (χ2v) is 5.75. The maximum absolute atomic E-state index is 13.6. The van der Waals surface area contributed by atoms with Crippen molar-refractivity contribution in [2.75, 3.05) is 5.43 Å². The Kier molecular flexibility index (Phi) is 5.13. The van der Waals surface area contributed by atoms with Crippen LogP contribution in [0.15, 0.2) is 35.4 Å². The second-order valence-electron chi connectivity index (χ2n) is 5.39. The Labute approximate surface area is 154 Å². The molecule has 0 saturated carbocycles. The first-order valence-electron chi connectivity index (χ1n) is 7.42. The smallest absolute Gasteiger partial charge is 0.186 e. The average Bonchev–Trinajstić information content (AvgIpc) is 2.91. The summed E-state index contributed by atoms with van der Waals surface area (Å²) in [7, 11) is 0. The summed E-state index contributed by atoms with van der Waals surface area (Å²) in [5, 5.41) is 7.84. The fourth-order valence-electron chi connectivity index (χ4n) is 2.24. The van der Waals surface area contributed by atoms with Gasteiger partial charge in [0, 0.05) is 6.07 Å². The van der Waals surface area contributed by atoms with Crippen molar-refractivity contribution in [1.29, 1.82) is 0 Å². The highest BCUT2D eigenvalue weighted by atomic mass is 35.5. The Morgan fingerprint density at radius 2 is 1.63 bits per heavy atom. The lowest BCUT2D eigenvalue weighted by molar-refractivity contribution is 0.458. The van der Waals surface area contributed by atoms with Crippen molar-refractivity contribution in [3.05, 3.63) is 75.8 Å². The van der Waals surface area contributed by atoms with Crippen LogP contribution in [0.25, 0.3) is 5.69 Å². The van der Waals surface area contributed by atoms with Gasteiger partial charge in [-0.15, -0.1) is 0 Å². The number of aryl methyl sites for hydroxylation is 1. The van der Waals surface area contributed by atoms with Crippen molar-refractivity contribution in [2.45, 2.75) is 6.92 Å². The molecule has 0 aliphatic rings. The van der Waals surface area contributed by atoms with Crippen LogP contribution < -0.4 is 5.43 Å². The molecular formula is C17H10ClF5N4. The molecule has 2 aromatic carbocycles. The molecule has 1 heterocycles. The number of hydrogen-bond acceptors (Lipinski definition) is 3. The molecule has 3 rings (SSSR count). The van der Waals surface area contributed by atoms with Gasteiger partial charge in [0.05, 0.1) is 23.2 Å². The van der Waals surface area contributed by atoms with Crippen molar-refractivity contribution in [3.8, 4) is 5.69 Å². The monoisotopic (exact) mass is 400 g/mol. The molecule has 1 N–H and O–H groups in total. The standard InChI is InChI=1S/C17H10ClF5N4/c1-8-11(17(18)27(26-8)10-4-2-9(19)3-5-10)7-24-25-16-14(22)12(20)6-13(21)15(16)23/h2-7,25H,1H3. The average molecular weight is 401 g/mol. The first kappa shape index (κ1) is 18.8. The summed E-state index contributed by atoms with van der Waals surface area (Å²) in [4.78, 5) is 0. The molecule has 0 bridgehead atoms. The largest absolute Gasteiger partial charge is 0.272 e. The molecule has 1 aromatic heterocycles. The van der Waals surface area contributed by atoms with Gasteiger partial charge >= 0.3 is 0 Å². The van der Waals surface area contributed by atoms with Crippen LogP contribution in [-0.2, 0) is 0 Å². The van der Waals surface area contributed by atoms with Crippen molar-refractivity contribution >= 4 is 23.5 Å². The molecule has 0 aliphatic carbocycles. The Morgan fingerprint density at radius 1 is 1.04 bits per heavy atom. The quantitative estimate of drug-likeness (QED) is 0.290. The van der Waals surface area contributed by atoms with E-state index in [9.17, 15) is 22.0 Å².